The van der Waals surface area contributed by atoms with Crippen molar-refractivity contribution >= 4 is 21.8 Å². The number of halogens is 3. The Morgan fingerprint density at radius 3 is 2.50 bits per heavy atom. The number of nitrogens with one attached hydrogen (secondary N) is 1. The monoisotopic (exact) mass is 501 g/mol. The summed E-state index contributed by atoms with van der Waals surface area (Å²) in [5.41, 5.74) is -0.970. The number of likely N-dealkylation sites (tertiary alicyclic amines) is 1. The van der Waals surface area contributed by atoms with Gasteiger partial charge in [0.15, 0.2) is 0 Å². The van der Waals surface area contributed by atoms with Gasteiger partial charge in [-0.1, -0.05) is 12.6 Å². The normalized spacial score (nSPS) is 26.3. The van der Waals surface area contributed by atoms with Crippen LogP contribution < -0.4 is 5.32 Å². The van der Waals surface area contributed by atoms with E-state index >= 15 is 0 Å². The summed E-state index contributed by atoms with van der Waals surface area (Å²) >= 11 is 0. The molecule has 4 rings (SSSR count). The van der Waals surface area contributed by atoms with Crippen LogP contribution in [0.25, 0.3) is 0 Å². The van der Waals surface area contributed by atoms with Crippen molar-refractivity contribution in [2.75, 3.05) is 26.2 Å². The lowest BCUT2D eigenvalue weighted by molar-refractivity contribution is -0.137. The van der Waals surface area contributed by atoms with Crippen LogP contribution in [-0.4, -0.2) is 73.2 Å². The smallest absolute Gasteiger partial charge is 0.354 e. The van der Waals surface area contributed by atoms with E-state index in [9.17, 15) is 31.2 Å². The van der Waals surface area contributed by atoms with Gasteiger partial charge in [-0.2, -0.15) is 17.5 Å². The molecule has 3 heterocycles. The zero-order valence-electron chi connectivity index (χ0n) is 18.3. The van der Waals surface area contributed by atoms with Gasteiger partial charge >= 0.3 is 6.18 Å². The van der Waals surface area contributed by atoms with Crippen molar-refractivity contribution in [2.24, 2.45) is 5.92 Å². The summed E-state index contributed by atoms with van der Waals surface area (Å²) in [5, 5.41) is 1.99. The lowest BCUT2D eigenvalue weighted by Crippen LogP contribution is -2.47. The van der Waals surface area contributed by atoms with Crippen LogP contribution in [0.2, 0.25) is 0 Å². The highest BCUT2D eigenvalue weighted by Gasteiger charge is 2.48. The van der Waals surface area contributed by atoms with Crippen LogP contribution in [0.1, 0.15) is 35.2 Å². The van der Waals surface area contributed by atoms with Gasteiger partial charge in [0.2, 0.25) is 15.9 Å². The van der Waals surface area contributed by atoms with Gasteiger partial charge < -0.3 is 15.0 Å². The fourth-order valence-corrected chi connectivity index (χ4v) is 6.80. The van der Waals surface area contributed by atoms with Gasteiger partial charge in [0.25, 0.3) is 5.91 Å². The predicted octanol–water partition coefficient (Wildman–Crippen LogP) is 1.99. The largest absolute Gasteiger partial charge is 0.416 e. The number of piperidine rings is 1. The number of carbonyl (C=O) groups excluding carboxylic acids is 2. The number of carbonyl (C=O) groups is 2. The quantitative estimate of drug-likeness (QED) is 0.623. The molecule has 12 heteroatoms. The molecule has 186 valence electrons. The van der Waals surface area contributed by atoms with E-state index in [1.54, 1.807) is 0 Å². The number of hydrogen-bond donors (Lipinski definition) is 1. The molecule has 3 aliphatic heterocycles. The van der Waals surface area contributed by atoms with Crippen molar-refractivity contribution in [1.82, 2.24) is 14.5 Å². The van der Waals surface area contributed by atoms with E-state index in [0.29, 0.717) is 13.0 Å². The summed E-state index contributed by atoms with van der Waals surface area (Å²) in [4.78, 5) is 25.5. The Morgan fingerprint density at radius 1 is 1.18 bits per heavy atom. The van der Waals surface area contributed by atoms with Gasteiger partial charge in [0.1, 0.15) is 6.23 Å². The first-order valence-corrected chi connectivity index (χ1v) is 12.5. The van der Waals surface area contributed by atoms with E-state index in [2.05, 4.69) is 11.9 Å². The SMILES string of the molecule is C=CC(=O)NC1CC2CN(S(=O)(=O)C3CCN(C(=O)c4cccc(C(F)(F)F)c4)CC3)CC2O1. The molecule has 3 atom stereocenters. The van der Waals surface area contributed by atoms with Gasteiger partial charge in [-0.15, -0.1) is 0 Å². The molecule has 0 aromatic heterocycles. The van der Waals surface area contributed by atoms with E-state index in [4.69, 9.17) is 4.74 Å². The molecule has 1 aromatic rings. The summed E-state index contributed by atoms with van der Waals surface area (Å²) in [5.74, 6) is -0.910. The summed E-state index contributed by atoms with van der Waals surface area (Å²) < 4.78 is 72.4. The molecule has 3 unspecified atom stereocenters. The van der Waals surface area contributed by atoms with E-state index < -0.39 is 39.1 Å². The molecular formula is C22H26F3N3O5S. The van der Waals surface area contributed by atoms with Crippen LogP contribution >= 0.6 is 0 Å². The van der Waals surface area contributed by atoms with Gasteiger partial charge in [-0.25, -0.2) is 8.42 Å². The minimum atomic E-state index is -4.55. The molecule has 0 spiro atoms. The highest BCUT2D eigenvalue weighted by atomic mass is 32.2. The molecule has 8 nitrogen and oxygen atoms in total. The van der Waals surface area contributed by atoms with Crippen molar-refractivity contribution < 1.29 is 35.9 Å². The molecule has 3 saturated heterocycles. The van der Waals surface area contributed by atoms with Crippen LogP contribution in [0.15, 0.2) is 36.9 Å². The highest BCUT2D eigenvalue weighted by molar-refractivity contribution is 7.89. The Bertz CT molecular complexity index is 1060. The zero-order chi connectivity index (χ0) is 24.7. The third kappa shape index (κ3) is 4.98. The number of fused-ring (bicyclic) bond motifs is 1. The standard InChI is InChI=1S/C22H26F3N3O5S/c1-2-19(29)26-20-11-15-12-28(13-18(15)33-20)34(31,32)17-6-8-27(9-7-17)21(30)14-4-3-5-16(10-14)22(23,24)25/h2-5,10,15,17-18,20H,1,6-9,11-13H2,(H,26,29). The second-order valence-corrected chi connectivity index (χ2v) is 11.0. The van der Waals surface area contributed by atoms with Crippen molar-refractivity contribution in [2.45, 2.75) is 43.0 Å². The molecule has 0 saturated carbocycles. The van der Waals surface area contributed by atoms with E-state index in [0.717, 1.165) is 18.2 Å². The summed E-state index contributed by atoms with van der Waals surface area (Å²) in [6, 6.07) is 4.24. The van der Waals surface area contributed by atoms with Crippen LogP contribution in [0.5, 0.6) is 0 Å². The molecule has 3 aliphatic rings. The second kappa shape index (κ2) is 9.31. The summed E-state index contributed by atoms with van der Waals surface area (Å²) in [7, 11) is -3.63. The highest BCUT2D eigenvalue weighted by Crippen LogP contribution is 2.35. The summed E-state index contributed by atoms with van der Waals surface area (Å²) in [6.07, 6.45) is -3.23. The fraction of sp³-hybridized carbons (Fsp3) is 0.545. The lowest BCUT2D eigenvalue weighted by Gasteiger charge is -2.34. The number of sulfonamides is 1. The minimum Gasteiger partial charge on any atom is -0.354 e. The zero-order valence-corrected chi connectivity index (χ0v) is 19.1. The van der Waals surface area contributed by atoms with Crippen molar-refractivity contribution in [3.05, 3.63) is 48.0 Å². The van der Waals surface area contributed by atoms with Gasteiger partial charge in [0, 0.05) is 37.7 Å². The average Bonchev–Trinajstić information content (AvgIpc) is 3.37. The molecule has 2 amide bonds. The number of alkyl halides is 3. The maximum atomic E-state index is 13.2. The van der Waals surface area contributed by atoms with Crippen molar-refractivity contribution in [3.63, 3.8) is 0 Å². The Labute approximate surface area is 195 Å². The van der Waals surface area contributed by atoms with E-state index in [1.165, 1.54) is 21.3 Å². The van der Waals surface area contributed by atoms with Crippen LogP contribution in [-0.2, 0) is 25.7 Å². The Kier molecular flexibility index (Phi) is 6.76. The molecule has 1 aromatic carbocycles. The Hall–Kier alpha value is -2.44. The van der Waals surface area contributed by atoms with Gasteiger partial charge in [-0.05, 0) is 43.5 Å². The van der Waals surface area contributed by atoms with Gasteiger partial charge in [0.05, 0.1) is 16.9 Å². The van der Waals surface area contributed by atoms with E-state index in [-0.39, 0.29) is 56.0 Å². The Balaban J connectivity index is 1.33. The number of amides is 2. The fourth-order valence-electron chi connectivity index (χ4n) is 4.82. The maximum absolute atomic E-state index is 13.2. The van der Waals surface area contributed by atoms with Crippen LogP contribution in [0.3, 0.4) is 0 Å². The van der Waals surface area contributed by atoms with Crippen LogP contribution in [0.4, 0.5) is 13.2 Å². The molecule has 1 N–H and O–H groups in total. The van der Waals surface area contributed by atoms with E-state index in [1.807, 2.05) is 0 Å². The average molecular weight is 502 g/mol. The van der Waals surface area contributed by atoms with Crippen molar-refractivity contribution in [1.29, 1.82) is 0 Å². The molecule has 0 radical (unpaired) electrons. The molecule has 0 bridgehead atoms. The molecule has 0 aliphatic carbocycles. The second-order valence-electron chi connectivity index (χ2n) is 8.80. The minimum absolute atomic E-state index is 0.0209. The number of ether oxygens (including phenoxy) is 1. The number of benzene rings is 1. The van der Waals surface area contributed by atoms with Crippen LogP contribution in [0, 0.1) is 5.92 Å². The third-order valence-corrected chi connectivity index (χ3v) is 8.97. The topological polar surface area (TPSA) is 96.0 Å². The summed E-state index contributed by atoms with van der Waals surface area (Å²) in [6.45, 7) is 4.19. The molecule has 34 heavy (non-hydrogen) atoms. The first kappa shape index (κ1) is 24.7. The maximum Gasteiger partial charge on any atom is 0.416 e. The van der Waals surface area contributed by atoms with Gasteiger partial charge in [-0.3, -0.25) is 9.59 Å². The number of rotatable bonds is 5. The first-order chi connectivity index (χ1) is 16.0. The number of hydrogen-bond acceptors (Lipinski definition) is 5. The lowest BCUT2D eigenvalue weighted by atomic mass is 10.1. The van der Waals surface area contributed by atoms with Crippen molar-refractivity contribution in [3.8, 4) is 0 Å². The molecular weight excluding hydrogens is 475 g/mol. The number of nitrogens with zero attached hydrogens (tertiary/aromatic N) is 2. The molecule has 3 fully saturated rings. The first-order valence-electron chi connectivity index (χ1n) is 11.0. The third-order valence-electron chi connectivity index (χ3n) is 6.64. The Morgan fingerprint density at radius 2 is 1.88 bits per heavy atom. The predicted molar refractivity (Wildman–Crippen MR) is 116 cm³/mol.